The molecule has 4 nitrogen and oxygen atoms in total. The minimum absolute atomic E-state index is 0.516. The average molecular weight is 221 g/mol. The normalized spacial score (nSPS) is 7.50. The Balaban J connectivity index is 2.49. The molecule has 6 heteroatoms. The second kappa shape index (κ2) is 5.44. The molecule has 0 saturated heterocycles. The smallest absolute Gasteiger partial charge is 0.256 e. The zero-order chi connectivity index (χ0) is 4.83. The van der Waals surface area contributed by atoms with Crippen molar-refractivity contribution in [2.75, 3.05) is 0 Å². The van der Waals surface area contributed by atoms with Gasteiger partial charge in [0, 0.05) is 0 Å². The van der Waals surface area contributed by atoms with Crippen molar-refractivity contribution in [3.63, 3.8) is 0 Å². The Labute approximate surface area is 52.6 Å². The highest BCUT2D eigenvalue weighted by molar-refractivity contribution is 14.1. The SMILES string of the molecule is O=NOSOI. The molecule has 0 radical (unpaired) electrons. The molecule has 0 rings (SSSR count). The Kier molecular flexibility index (Phi) is 5.84. The summed E-state index contributed by atoms with van der Waals surface area (Å²) in [7, 11) is 0. The molecule has 0 atom stereocenters. The molecule has 0 aliphatic carbocycles. The molecule has 0 fully saturated rings. The first kappa shape index (κ1) is 6.44. The van der Waals surface area contributed by atoms with Crippen molar-refractivity contribution in [2.24, 2.45) is 5.34 Å². The number of rotatable bonds is 3. The van der Waals surface area contributed by atoms with Gasteiger partial charge in [-0.15, -0.1) is 4.91 Å². The van der Waals surface area contributed by atoms with E-state index in [1.807, 2.05) is 5.34 Å². The number of hydrogen-bond donors (Lipinski definition) is 0. The van der Waals surface area contributed by atoms with Crippen molar-refractivity contribution >= 4 is 35.3 Å². The second-order valence-electron chi connectivity index (χ2n) is 0.280. The van der Waals surface area contributed by atoms with Crippen LogP contribution in [0.5, 0.6) is 0 Å². The standard InChI is InChI=1S/INO3S/c1-4-6-5-2-3. The summed E-state index contributed by atoms with van der Waals surface area (Å²) in [5, 5.41) is 2.01. The van der Waals surface area contributed by atoms with Gasteiger partial charge in [-0.05, 0) is 0 Å². The van der Waals surface area contributed by atoms with E-state index in [2.05, 4.69) is 6.80 Å². The Morgan fingerprint density at radius 2 is 2.50 bits per heavy atom. The molecule has 0 unspecified atom stereocenters. The van der Waals surface area contributed by atoms with E-state index in [0.717, 1.165) is 0 Å². The molecule has 6 heavy (non-hydrogen) atoms. The highest BCUT2D eigenvalue weighted by Crippen LogP contribution is 2.07. The third kappa shape index (κ3) is 4.44. The van der Waals surface area contributed by atoms with Gasteiger partial charge in [-0.2, -0.15) is 0 Å². The summed E-state index contributed by atoms with van der Waals surface area (Å²) >= 11 is 2.07. The van der Waals surface area contributed by atoms with Crippen molar-refractivity contribution in [2.45, 2.75) is 0 Å². The molecule has 0 aromatic carbocycles. The number of nitrogens with zero attached hydrogens (tertiary/aromatic N) is 1. The van der Waals surface area contributed by atoms with Crippen LogP contribution < -0.4 is 0 Å². The lowest BCUT2D eigenvalue weighted by molar-refractivity contribution is 0.377. The van der Waals surface area contributed by atoms with Crippen molar-refractivity contribution < 1.29 is 6.80 Å². The van der Waals surface area contributed by atoms with E-state index in [9.17, 15) is 0 Å². The van der Waals surface area contributed by atoms with E-state index >= 15 is 0 Å². The van der Waals surface area contributed by atoms with Crippen LogP contribution in [0.15, 0.2) is 5.34 Å². The van der Waals surface area contributed by atoms with E-state index in [1.54, 1.807) is 23.0 Å². The van der Waals surface area contributed by atoms with E-state index in [0.29, 0.717) is 12.3 Å². The molecular formula is INO3S. The van der Waals surface area contributed by atoms with Gasteiger partial charge in [0.05, 0.1) is 0 Å². The zero-order valence-corrected chi connectivity index (χ0v) is 5.43. The Bertz CT molecular complexity index is 39.8. The van der Waals surface area contributed by atoms with Gasteiger partial charge in [0.1, 0.15) is 23.0 Å². The number of halogens is 1. The first-order valence-electron chi connectivity index (χ1n) is 0.853. The summed E-state index contributed by atoms with van der Waals surface area (Å²) in [4.78, 5) is 8.99. The molecule has 0 aromatic heterocycles. The van der Waals surface area contributed by atoms with Crippen LogP contribution in [-0.4, -0.2) is 0 Å². The van der Waals surface area contributed by atoms with Gasteiger partial charge in [0.2, 0.25) is 0 Å². The van der Waals surface area contributed by atoms with Crippen LogP contribution in [0.3, 0.4) is 0 Å². The molecule has 0 aliphatic rings. The highest BCUT2D eigenvalue weighted by Gasteiger charge is 1.78. The molecule has 0 amide bonds. The first-order chi connectivity index (χ1) is 2.91. The van der Waals surface area contributed by atoms with Gasteiger partial charge >= 0.3 is 0 Å². The molecule has 36 valence electrons. The van der Waals surface area contributed by atoms with Gasteiger partial charge in [0.25, 0.3) is 12.3 Å². The Morgan fingerprint density at radius 3 is 2.67 bits per heavy atom. The summed E-state index contributed by atoms with van der Waals surface area (Å²) in [6.07, 6.45) is 0. The Hall–Kier alpha value is 0.440. The van der Waals surface area contributed by atoms with E-state index < -0.39 is 0 Å². The minimum atomic E-state index is 0.516. The molecule has 0 saturated carbocycles. The predicted octanol–water partition coefficient (Wildman–Crippen LogP) is 1.61. The molecule has 0 N–H and O–H groups in total. The van der Waals surface area contributed by atoms with Crippen molar-refractivity contribution in [3.05, 3.63) is 4.91 Å². The van der Waals surface area contributed by atoms with Crippen molar-refractivity contribution in [3.8, 4) is 0 Å². The van der Waals surface area contributed by atoms with E-state index in [1.165, 1.54) is 0 Å². The third-order valence-corrected chi connectivity index (χ3v) is 0.700. The Morgan fingerprint density at radius 1 is 1.83 bits per heavy atom. The fraction of sp³-hybridized carbons (Fsp3) is 0. The molecule has 0 bridgehead atoms. The summed E-state index contributed by atoms with van der Waals surface area (Å²) in [6.45, 7) is 0. The van der Waals surface area contributed by atoms with E-state index in [4.69, 9.17) is 4.91 Å². The maximum absolute atomic E-state index is 8.99. The first-order valence-corrected chi connectivity index (χ1v) is 2.40. The molecule has 0 aliphatic heterocycles. The predicted molar refractivity (Wildman–Crippen MR) is 29.6 cm³/mol. The lowest BCUT2D eigenvalue weighted by Crippen LogP contribution is -1.55. The molecule has 0 aromatic rings. The van der Waals surface area contributed by atoms with Crippen LogP contribution in [0.2, 0.25) is 0 Å². The monoisotopic (exact) mass is 221 g/mol. The van der Waals surface area contributed by atoms with Crippen LogP contribution in [-0.2, 0) is 6.80 Å². The second-order valence-corrected chi connectivity index (χ2v) is 1.77. The summed E-state index contributed by atoms with van der Waals surface area (Å²) in [5.74, 6) is 0. The summed E-state index contributed by atoms with van der Waals surface area (Å²) in [6, 6.07) is 0. The highest BCUT2D eigenvalue weighted by atomic mass is 127. The quantitative estimate of drug-likeness (QED) is 0.239. The third-order valence-electron chi connectivity index (χ3n) is 0.0866. The van der Waals surface area contributed by atoms with Gasteiger partial charge in [0.15, 0.2) is 5.34 Å². The molecule has 0 heterocycles. The van der Waals surface area contributed by atoms with Crippen LogP contribution in [0.1, 0.15) is 0 Å². The lowest BCUT2D eigenvalue weighted by atomic mass is 13.4. The van der Waals surface area contributed by atoms with Gasteiger partial charge in [-0.25, -0.2) is 2.51 Å². The van der Waals surface area contributed by atoms with Gasteiger partial charge in [-0.3, -0.25) is 4.28 Å². The van der Waals surface area contributed by atoms with Crippen LogP contribution in [0, 0.1) is 4.91 Å². The van der Waals surface area contributed by atoms with E-state index in [-0.39, 0.29) is 0 Å². The van der Waals surface area contributed by atoms with Gasteiger partial charge in [-0.1, -0.05) is 0 Å². The largest absolute Gasteiger partial charge is 0.268 e. The maximum Gasteiger partial charge on any atom is 0.268 e. The maximum atomic E-state index is 8.99. The molecule has 0 spiro atoms. The summed E-state index contributed by atoms with van der Waals surface area (Å²) in [5.41, 5.74) is 0. The van der Waals surface area contributed by atoms with Crippen molar-refractivity contribution in [1.82, 2.24) is 0 Å². The van der Waals surface area contributed by atoms with Crippen LogP contribution in [0.25, 0.3) is 0 Å². The fourth-order valence-corrected chi connectivity index (χ4v) is 0.269. The fourth-order valence-electron chi connectivity index (χ4n) is 0.0239. The minimum Gasteiger partial charge on any atom is -0.256 e. The molecular weight excluding hydrogens is 221 g/mol. The van der Waals surface area contributed by atoms with Gasteiger partial charge < -0.3 is 0 Å². The van der Waals surface area contributed by atoms with Crippen molar-refractivity contribution in [1.29, 1.82) is 0 Å². The van der Waals surface area contributed by atoms with Crippen LogP contribution >= 0.6 is 35.3 Å². The van der Waals surface area contributed by atoms with Crippen LogP contribution in [0.4, 0.5) is 0 Å². The lowest BCUT2D eigenvalue weighted by Gasteiger charge is -1.78. The topological polar surface area (TPSA) is 47.9 Å². The number of hydrogen-bond acceptors (Lipinski definition) is 5. The average Bonchev–Trinajstić information content (AvgIpc) is 1.61. The zero-order valence-electron chi connectivity index (χ0n) is 2.46. The summed E-state index contributed by atoms with van der Waals surface area (Å²) < 4.78 is 7.89.